The van der Waals surface area contributed by atoms with Gasteiger partial charge in [0.1, 0.15) is 0 Å². The van der Waals surface area contributed by atoms with Crippen LogP contribution in [0.2, 0.25) is 0 Å². The molecule has 2 fully saturated rings. The maximum atomic E-state index is 12.4. The fourth-order valence-corrected chi connectivity index (χ4v) is 2.25. The van der Waals surface area contributed by atoms with Gasteiger partial charge in [-0.1, -0.05) is 0 Å². The van der Waals surface area contributed by atoms with Crippen LogP contribution < -0.4 is 5.32 Å². The lowest BCUT2D eigenvalue weighted by atomic mass is 9.98. The smallest absolute Gasteiger partial charge is 0.255 e. The zero-order chi connectivity index (χ0) is 11.5. The Morgan fingerprint density at radius 1 is 1.35 bits per heavy atom. The van der Waals surface area contributed by atoms with Gasteiger partial charge in [-0.2, -0.15) is 0 Å². The number of carbonyl (C=O) groups excluding carboxylic acids is 1. The third kappa shape index (κ3) is 4.07. The van der Waals surface area contributed by atoms with Crippen LogP contribution in [0.4, 0.5) is 8.78 Å². The van der Waals surface area contributed by atoms with E-state index in [4.69, 9.17) is 0 Å². The Kier molecular flexibility index (Phi) is 5.59. The van der Waals surface area contributed by atoms with E-state index in [1.807, 2.05) is 0 Å². The lowest BCUT2D eigenvalue weighted by Crippen LogP contribution is -2.45. The van der Waals surface area contributed by atoms with E-state index in [2.05, 4.69) is 5.32 Å². The molecule has 0 bridgehead atoms. The minimum Gasteiger partial charge on any atom is -0.334 e. The van der Waals surface area contributed by atoms with E-state index in [1.54, 1.807) is 0 Å². The summed E-state index contributed by atoms with van der Waals surface area (Å²) >= 11 is 0. The van der Waals surface area contributed by atoms with Gasteiger partial charge >= 0.3 is 0 Å². The van der Waals surface area contributed by atoms with Gasteiger partial charge in [-0.05, 0) is 32.2 Å². The minimum absolute atomic E-state index is 0. The SMILES string of the molecule is Cl.O=C(C1CCCNC1)N(CC(F)F)C1CC1. The first-order valence-electron chi connectivity index (χ1n) is 5.98. The summed E-state index contributed by atoms with van der Waals surface area (Å²) in [6.07, 6.45) is 1.15. The molecule has 0 aromatic carbocycles. The number of hydrogen-bond acceptors (Lipinski definition) is 2. The maximum absolute atomic E-state index is 12.4. The van der Waals surface area contributed by atoms with Crippen molar-refractivity contribution in [2.45, 2.75) is 38.2 Å². The monoisotopic (exact) mass is 268 g/mol. The standard InChI is InChI=1S/C11H18F2N2O.ClH/c12-10(13)7-15(9-3-4-9)11(16)8-2-1-5-14-6-8;/h8-10,14H,1-7H2;1H. The molecule has 1 N–H and O–H groups in total. The van der Waals surface area contributed by atoms with Crippen molar-refractivity contribution in [3.63, 3.8) is 0 Å². The van der Waals surface area contributed by atoms with Gasteiger partial charge in [-0.3, -0.25) is 4.79 Å². The van der Waals surface area contributed by atoms with Crippen LogP contribution in [0.1, 0.15) is 25.7 Å². The fourth-order valence-electron chi connectivity index (χ4n) is 2.25. The number of rotatable bonds is 4. The first kappa shape index (κ1) is 14.6. The van der Waals surface area contributed by atoms with Crippen LogP contribution in [0.15, 0.2) is 0 Å². The largest absolute Gasteiger partial charge is 0.334 e. The number of alkyl halides is 2. The summed E-state index contributed by atoms with van der Waals surface area (Å²) in [4.78, 5) is 13.5. The highest BCUT2D eigenvalue weighted by atomic mass is 35.5. The molecule has 2 rings (SSSR count). The number of amides is 1. The molecule has 3 nitrogen and oxygen atoms in total. The summed E-state index contributed by atoms with van der Waals surface area (Å²) in [6.45, 7) is 1.19. The Hall–Kier alpha value is -0.420. The molecule has 1 heterocycles. The predicted octanol–water partition coefficient (Wildman–Crippen LogP) is 1.66. The Bertz CT molecular complexity index is 256. The summed E-state index contributed by atoms with van der Waals surface area (Å²) in [6, 6.07) is 0.0865. The van der Waals surface area contributed by atoms with Crippen molar-refractivity contribution < 1.29 is 13.6 Å². The van der Waals surface area contributed by atoms with Crippen molar-refractivity contribution in [2.24, 2.45) is 5.92 Å². The van der Waals surface area contributed by atoms with Crippen molar-refractivity contribution in [2.75, 3.05) is 19.6 Å². The van der Waals surface area contributed by atoms with E-state index in [0.29, 0.717) is 6.54 Å². The van der Waals surface area contributed by atoms with Crippen LogP contribution in [0.3, 0.4) is 0 Å². The van der Waals surface area contributed by atoms with Crippen molar-refractivity contribution in [3.05, 3.63) is 0 Å². The molecule has 2 aliphatic rings. The van der Waals surface area contributed by atoms with E-state index in [0.717, 1.165) is 32.2 Å². The van der Waals surface area contributed by atoms with E-state index < -0.39 is 6.43 Å². The van der Waals surface area contributed by atoms with Gasteiger partial charge < -0.3 is 10.2 Å². The Balaban J connectivity index is 0.00000144. The fraction of sp³-hybridized carbons (Fsp3) is 0.909. The third-order valence-electron chi connectivity index (χ3n) is 3.25. The van der Waals surface area contributed by atoms with Gasteiger partial charge in [-0.25, -0.2) is 8.78 Å². The minimum atomic E-state index is -2.42. The molecule has 1 amide bonds. The highest BCUT2D eigenvalue weighted by molar-refractivity contribution is 5.85. The molecule has 1 saturated carbocycles. The maximum Gasteiger partial charge on any atom is 0.255 e. The number of nitrogens with zero attached hydrogens (tertiary/aromatic N) is 1. The van der Waals surface area contributed by atoms with Crippen molar-refractivity contribution in [3.8, 4) is 0 Å². The molecule has 1 aliphatic carbocycles. The van der Waals surface area contributed by atoms with Crippen LogP contribution in [-0.4, -0.2) is 42.9 Å². The number of nitrogens with one attached hydrogen (secondary N) is 1. The van der Waals surface area contributed by atoms with E-state index in [1.165, 1.54) is 4.90 Å². The second-order valence-corrected chi connectivity index (χ2v) is 4.66. The van der Waals surface area contributed by atoms with E-state index in [9.17, 15) is 13.6 Å². The molecule has 1 aliphatic heterocycles. The Labute approximate surface area is 106 Å². The van der Waals surface area contributed by atoms with Crippen LogP contribution >= 0.6 is 12.4 Å². The molecule has 1 saturated heterocycles. The molecule has 1 atom stereocenters. The molecular formula is C11H19ClF2N2O. The molecule has 0 aromatic rings. The highest BCUT2D eigenvalue weighted by Crippen LogP contribution is 2.29. The Morgan fingerprint density at radius 2 is 2.06 bits per heavy atom. The van der Waals surface area contributed by atoms with Gasteiger partial charge in [0.25, 0.3) is 6.43 Å². The summed E-state index contributed by atoms with van der Waals surface area (Å²) < 4.78 is 24.8. The zero-order valence-electron chi connectivity index (χ0n) is 9.70. The van der Waals surface area contributed by atoms with Crippen LogP contribution in [0, 0.1) is 5.92 Å². The van der Waals surface area contributed by atoms with E-state index >= 15 is 0 Å². The summed E-state index contributed by atoms with van der Waals surface area (Å²) in [5.41, 5.74) is 0. The van der Waals surface area contributed by atoms with Crippen LogP contribution in [0.25, 0.3) is 0 Å². The lowest BCUT2D eigenvalue weighted by Gasteiger charge is -2.29. The number of carbonyl (C=O) groups is 1. The molecule has 6 heteroatoms. The first-order chi connectivity index (χ1) is 7.68. The normalized spacial score (nSPS) is 24.3. The summed E-state index contributed by atoms with van der Waals surface area (Å²) in [5.74, 6) is -0.164. The molecule has 1 unspecified atom stereocenters. The quantitative estimate of drug-likeness (QED) is 0.841. The molecule has 0 spiro atoms. The highest BCUT2D eigenvalue weighted by Gasteiger charge is 2.37. The second-order valence-electron chi connectivity index (χ2n) is 4.66. The van der Waals surface area contributed by atoms with Crippen LogP contribution in [-0.2, 0) is 4.79 Å². The van der Waals surface area contributed by atoms with Gasteiger partial charge in [0, 0.05) is 12.6 Å². The van der Waals surface area contributed by atoms with Gasteiger partial charge in [0.2, 0.25) is 5.91 Å². The average molecular weight is 269 g/mol. The van der Waals surface area contributed by atoms with Crippen LogP contribution in [0.5, 0.6) is 0 Å². The van der Waals surface area contributed by atoms with Gasteiger partial charge in [0.15, 0.2) is 0 Å². The zero-order valence-corrected chi connectivity index (χ0v) is 10.5. The van der Waals surface area contributed by atoms with E-state index in [-0.39, 0.29) is 36.8 Å². The van der Waals surface area contributed by atoms with Gasteiger partial charge in [-0.15, -0.1) is 12.4 Å². The van der Waals surface area contributed by atoms with Crippen molar-refractivity contribution in [1.82, 2.24) is 10.2 Å². The van der Waals surface area contributed by atoms with Crippen molar-refractivity contribution in [1.29, 1.82) is 0 Å². The topological polar surface area (TPSA) is 32.3 Å². The van der Waals surface area contributed by atoms with Gasteiger partial charge in [0.05, 0.1) is 12.5 Å². The average Bonchev–Trinajstić information content (AvgIpc) is 3.10. The molecule has 0 radical (unpaired) electrons. The predicted molar refractivity (Wildman–Crippen MR) is 63.6 cm³/mol. The lowest BCUT2D eigenvalue weighted by molar-refractivity contribution is -0.138. The molecule has 17 heavy (non-hydrogen) atoms. The number of piperidine rings is 1. The van der Waals surface area contributed by atoms with Crippen molar-refractivity contribution >= 4 is 18.3 Å². The summed E-state index contributed by atoms with van der Waals surface area (Å²) in [7, 11) is 0. The molecular weight excluding hydrogens is 250 g/mol. The third-order valence-corrected chi connectivity index (χ3v) is 3.25. The Morgan fingerprint density at radius 3 is 2.53 bits per heavy atom. The molecule has 0 aromatic heterocycles. The first-order valence-corrected chi connectivity index (χ1v) is 5.98. The molecule has 100 valence electrons. The number of hydrogen-bond donors (Lipinski definition) is 1. The number of halogens is 3. The second kappa shape index (κ2) is 6.50. The summed E-state index contributed by atoms with van der Waals surface area (Å²) in [5, 5.41) is 3.15.